The highest BCUT2D eigenvalue weighted by molar-refractivity contribution is 5.84. The van der Waals surface area contributed by atoms with E-state index in [0.717, 1.165) is 24.0 Å². The summed E-state index contributed by atoms with van der Waals surface area (Å²) in [4.78, 5) is 15.1. The number of benzene rings is 1. The number of imidazole rings is 1. The molecule has 6 heteroatoms. The van der Waals surface area contributed by atoms with Crippen LogP contribution >= 0.6 is 0 Å². The zero-order valence-electron chi connectivity index (χ0n) is 17.1. The van der Waals surface area contributed by atoms with Crippen LogP contribution in [0.3, 0.4) is 0 Å². The van der Waals surface area contributed by atoms with Crippen molar-refractivity contribution in [3.05, 3.63) is 51.8 Å². The molecule has 1 N–H and O–H groups in total. The van der Waals surface area contributed by atoms with Gasteiger partial charge < -0.3 is 9.67 Å². The van der Waals surface area contributed by atoms with Crippen LogP contribution in [0.15, 0.2) is 35.1 Å². The van der Waals surface area contributed by atoms with Crippen LogP contribution in [0.4, 0.5) is 0 Å². The second kappa shape index (κ2) is 8.02. The normalized spacial score (nSPS) is 18.9. The van der Waals surface area contributed by atoms with Crippen LogP contribution in [-0.2, 0) is 6.54 Å². The Morgan fingerprint density at radius 3 is 2.72 bits per heavy atom. The molecule has 4 rings (SSSR count). The number of hydrogen-bond acceptors (Lipinski definition) is 4. The summed E-state index contributed by atoms with van der Waals surface area (Å²) in [6.07, 6.45) is 4.13. The van der Waals surface area contributed by atoms with E-state index in [1.165, 1.54) is 25.3 Å². The molecular weight excluding hydrogens is 364 g/mol. The molecule has 1 aromatic carbocycles. The van der Waals surface area contributed by atoms with Crippen LogP contribution in [0.1, 0.15) is 43.7 Å². The van der Waals surface area contributed by atoms with E-state index in [0.29, 0.717) is 35.9 Å². The Morgan fingerprint density at radius 2 is 2.00 bits per heavy atom. The Balaban J connectivity index is 1.78. The van der Waals surface area contributed by atoms with Crippen molar-refractivity contribution < 1.29 is 5.11 Å². The number of aromatic nitrogens is 2. The quantitative estimate of drug-likeness (QED) is 0.724. The Labute approximate surface area is 170 Å². The van der Waals surface area contributed by atoms with Gasteiger partial charge in [-0.25, -0.2) is 0 Å². The first-order valence-electron chi connectivity index (χ1n) is 10.5. The fraction of sp³-hybridized carbons (Fsp3) is 0.478. The van der Waals surface area contributed by atoms with Crippen molar-refractivity contribution in [2.24, 2.45) is 0 Å². The number of likely N-dealkylation sites (tertiary alicyclic amines) is 1. The lowest BCUT2D eigenvalue weighted by atomic mass is 9.99. The minimum atomic E-state index is -0.580. The standard InChI is InChI=1S/C23H28N4O2/c1-3-17-8-6-7-11-25(17)14-18(28)15-26-20-9-4-5-10-21(20)27-22(29)12-16(2)19(13-24)23(26)27/h4-5,9-10,12,17-18,28H,3,6-8,11,14-15H2,1-2H3/t17-,18+/m0/s1. The molecule has 0 amide bonds. The van der Waals surface area contributed by atoms with Crippen LogP contribution < -0.4 is 5.56 Å². The second-order valence-corrected chi connectivity index (χ2v) is 8.12. The third kappa shape index (κ3) is 3.45. The predicted molar refractivity (Wildman–Crippen MR) is 114 cm³/mol. The Kier molecular flexibility index (Phi) is 5.44. The van der Waals surface area contributed by atoms with Crippen molar-refractivity contribution in [2.45, 2.75) is 58.2 Å². The number of para-hydroxylation sites is 2. The van der Waals surface area contributed by atoms with E-state index in [1.54, 1.807) is 11.3 Å². The monoisotopic (exact) mass is 392 g/mol. The summed E-state index contributed by atoms with van der Waals surface area (Å²) in [5.74, 6) is 0. The first kappa shape index (κ1) is 19.7. The minimum absolute atomic E-state index is 0.150. The van der Waals surface area contributed by atoms with E-state index in [1.807, 2.05) is 28.8 Å². The smallest absolute Gasteiger partial charge is 0.257 e. The molecule has 152 valence electrons. The molecule has 1 aliphatic heterocycles. The number of hydrogen-bond donors (Lipinski definition) is 1. The molecule has 2 aromatic heterocycles. The topological polar surface area (TPSA) is 73.7 Å². The van der Waals surface area contributed by atoms with E-state index in [2.05, 4.69) is 17.9 Å². The molecule has 1 aliphatic rings. The molecular formula is C23H28N4O2. The van der Waals surface area contributed by atoms with E-state index in [-0.39, 0.29) is 5.56 Å². The highest BCUT2D eigenvalue weighted by Crippen LogP contribution is 2.25. The van der Waals surface area contributed by atoms with Gasteiger partial charge >= 0.3 is 0 Å². The molecule has 0 bridgehead atoms. The number of nitriles is 1. The number of piperidine rings is 1. The summed E-state index contributed by atoms with van der Waals surface area (Å²) in [5, 5.41) is 20.7. The first-order chi connectivity index (χ1) is 14.0. The lowest BCUT2D eigenvalue weighted by molar-refractivity contribution is 0.0581. The molecule has 3 aromatic rings. The van der Waals surface area contributed by atoms with Crippen molar-refractivity contribution >= 4 is 16.7 Å². The maximum Gasteiger partial charge on any atom is 0.257 e. The van der Waals surface area contributed by atoms with Gasteiger partial charge in [-0.3, -0.25) is 14.1 Å². The van der Waals surface area contributed by atoms with Crippen molar-refractivity contribution in [3.8, 4) is 6.07 Å². The van der Waals surface area contributed by atoms with Crippen molar-refractivity contribution in [1.29, 1.82) is 5.26 Å². The number of pyridine rings is 1. The van der Waals surface area contributed by atoms with Crippen LogP contribution in [0.2, 0.25) is 0 Å². The van der Waals surface area contributed by atoms with Crippen LogP contribution in [0, 0.1) is 18.3 Å². The highest BCUT2D eigenvalue weighted by Gasteiger charge is 2.24. The number of nitrogens with zero attached hydrogens (tertiary/aromatic N) is 4. The SMILES string of the molecule is CC[C@H]1CCCCN1C[C@@H](O)Cn1c2ccccc2n2c(=O)cc(C)c(C#N)c12. The molecule has 3 heterocycles. The molecule has 0 radical (unpaired) electrons. The third-order valence-corrected chi connectivity index (χ3v) is 6.23. The molecule has 1 fully saturated rings. The van der Waals surface area contributed by atoms with Crippen molar-refractivity contribution in [3.63, 3.8) is 0 Å². The maximum atomic E-state index is 12.7. The molecule has 0 aliphatic carbocycles. The lowest BCUT2D eigenvalue weighted by Gasteiger charge is -2.36. The molecule has 0 unspecified atom stereocenters. The summed E-state index contributed by atoms with van der Waals surface area (Å²) >= 11 is 0. The van der Waals surface area contributed by atoms with Gasteiger partial charge in [-0.2, -0.15) is 5.26 Å². The van der Waals surface area contributed by atoms with Gasteiger partial charge in [0.05, 0.1) is 29.2 Å². The fourth-order valence-corrected chi connectivity index (χ4v) is 4.82. The zero-order chi connectivity index (χ0) is 20.5. The Morgan fingerprint density at radius 1 is 1.24 bits per heavy atom. The van der Waals surface area contributed by atoms with E-state index >= 15 is 0 Å². The Hall–Kier alpha value is -2.62. The molecule has 6 nitrogen and oxygen atoms in total. The summed E-state index contributed by atoms with van der Waals surface area (Å²) in [6, 6.07) is 11.9. The second-order valence-electron chi connectivity index (χ2n) is 8.12. The molecule has 0 saturated carbocycles. The molecule has 2 atom stereocenters. The number of aryl methyl sites for hydroxylation is 1. The van der Waals surface area contributed by atoms with E-state index < -0.39 is 6.10 Å². The minimum Gasteiger partial charge on any atom is -0.390 e. The number of β-amino-alcohol motifs (C(OH)–C–C–N with tert-alkyl or cyclic N) is 1. The van der Waals surface area contributed by atoms with Crippen LogP contribution in [0.25, 0.3) is 16.7 Å². The van der Waals surface area contributed by atoms with E-state index in [4.69, 9.17) is 0 Å². The fourth-order valence-electron chi connectivity index (χ4n) is 4.82. The van der Waals surface area contributed by atoms with Gasteiger partial charge in [-0.15, -0.1) is 0 Å². The summed E-state index contributed by atoms with van der Waals surface area (Å²) < 4.78 is 3.54. The average molecular weight is 393 g/mol. The van der Waals surface area contributed by atoms with Gasteiger partial charge in [0.2, 0.25) is 0 Å². The van der Waals surface area contributed by atoms with Gasteiger partial charge in [-0.1, -0.05) is 25.5 Å². The molecule has 0 spiro atoms. The zero-order valence-corrected chi connectivity index (χ0v) is 17.1. The highest BCUT2D eigenvalue weighted by atomic mass is 16.3. The predicted octanol–water partition coefficient (Wildman–Crippen LogP) is 3.06. The number of fused-ring (bicyclic) bond motifs is 3. The van der Waals surface area contributed by atoms with Gasteiger partial charge in [0.25, 0.3) is 5.56 Å². The molecule has 29 heavy (non-hydrogen) atoms. The van der Waals surface area contributed by atoms with Gasteiger partial charge in [0.15, 0.2) is 0 Å². The van der Waals surface area contributed by atoms with Gasteiger partial charge in [0.1, 0.15) is 11.7 Å². The van der Waals surface area contributed by atoms with Gasteiger partial charge in [0, 0.05) is 18.7 Å². The van der Waals surface area contributed by atoms with Gasteiger partial charge in [-0.05, 0) is 50.4 Å². The van der Waals surface area contributed by atoms with Crippen molar-refractivity contribution in [1.82, 2.24) is 13.9 Å². The third-order valence-electron chi connectivity index (χ3n) is 6.23. The lowest BCUT2D eigenvalue weighted by Crippen LogP contribution is -2.44. The summed E-state index contributed by atoms with van der Waals surface area (Å²) in [5.41, 5.74) is 3.19. The van der Waals surface area contributed by atoms with Crippen molar-refractivity contribution in [2.75, 3.05) is 13.1 Å². The Bertz CT molecular complexity index is 1140. The summed E-state index contributed by atoms with van der Waals surface area (Å²) in [7, 11) is 0. The van der Waals surface area contributed by atoms with Crippen LogP contribution in [-0.4, -0.2) is 44.2 Å². The van der Waals surface area contributed by atoms with Crippen LogP contribution in [0.5, 0.6) is 0 Å². The number of aliphatic hydroxyl groups is 1. The number of rotatable bonds is 5. The average Bonchev–Trinajstić information content (AvgIpc) is 3.03. The summed E-state index contributed by atoms with van der Waals surface area (Å²) in [6.45, 7) is 5.97. The number of aliphatic hydroxyl groups excluding tert-OH is 1. The maximum absolute atomic E-state index is 12.7. The largest absolute Gasteiger partial charge is 0.390 e. The molecule has 1 saturated heterocycles. The van der Waals surface area contributed by atoms with E-state index in [9.17, 15) is 15.2 Å². The first-order valence-corrected chi connectivity index (χ1v) is 10.5.